The Morgan fingerprint density at radius 2 is 1.81 bits per heavy atom. The molecule has 1 saturated carbocycles. The van der Waals surface area contributed by atoms with Crippen molar-refractivity contribution in [3.05, 3.63) is 29.8 Å². The highest BCUT2D eigenvalue weighted by atomic mass is 16.4. The molecular formula is C15H20N2O4. The second-order valence-corrected chi connectivity index (χ2v) is 5.17. The molecule has 0 heterocycles. The number of urea groups is 1. The van der Waals surface area contributed by atoms with E-state index < -0.39 is 5.97 Å². The van der Waals surface area contributed by atoms with Crippen LogP contribution in [0.25, 0.3) is 0 Å². The standard InChI is InChI=1S/C15H20N2O4/c18-10-9-17(13-3-1-2-4-13)15(21)16-12-7-5-11(6-8-12)14(19)20/h5-8,13,18H,1-4,9-10H2,(H,16,21)(H,19,20). The number of amides is 2. The van der Waals surface area contributed by atoms with Gasteiger partial charge in [-0.15, -0.1) is 0 Å². The second kappa shape index (κ2) is 7.08. The molecule has 3 N–H and O–H groups in total. The minimum atomic E-state index is -0.999. The van der Waals surface area contributed by atoms with E-state index >= 15 is 0 Å². The average molecular weight is 292 g/mol. The van der Waals surface area contributed by atoms with Crippen molar-refractivity contribution in [1.82, 2.24) is 4.90 Å². The number of aliphatic hydroxyl groups excluding tert-OH is 1. The van der Waals surface area contributed by atoms with Gasteiger partial charge in [0.25, 0.3) is 0 Å². The Bertz CT molecular complexity index is 495. The number of anilines is 1. The Hall–Kier alpha value is -2.08. The minimum Gasteiger partial charge on any atom is -0.478 e. The van der Waals surface area contributed by atoms with Crippen LogP contribution in [-0.4, -0.2) is 46.3 Å². The molecule has 0 atom stereocenters. The van der Waals surface area contributed by atoms with Gasteiger partial charge in [0, 0.05) is 18.3 Å². The average Bonchev–Trinajstić information content (AvgIpc) is 2.99. The Labute approximate surface area is 123 Å². The normalized spacial score (nSPS) is 14.9. The van der Waals surface area contributed by atoms with Crippen molar-refractivity contribution < 1.29 is 19.8 Å². The number of rotatable bonds is 5. The van der Waals surface area contributed by atoms with Crippen LogP contribution in [-0.2, 0) is 0 Å². The molecule has 6 nitrogen and oxygen atoms in total. The van der Waals surface area contributed by atoms with Crippen molar-refractivity contribution in [2.75, 3.05) is 18.5 Å². The lowest BCUT2D eigenvalue weighted by molar-refractivity contribution is 0.0697. The van der Waals surface area contributed by atoms with E-state index in [2.05, 4.69) is 5.32 Å². The highest BCUT2D eigenvalue weighted by Gasteiger charge is 2.26. The van der Waals surface area contributed by atoms with Crippen molar-refractivity contribution in [2.45, 2.75) is 31.7 Å². The number of carbonyl (C=O) groups is 2. The van der Waals surface area contributed by atoms with E-state index in [4.69, 9.17) is 10.2 Å². The summed E-state index contributed by atoms with van der Waals surface area (Å²) >= 11 is 0. The Balaban J connectivity index is 2.01. The molecule has 0 bridgehead atoms. The fraction of sp³-hybridized carbons (Fsp3) is 0.467. The van der Waals surface area contributed by atoms with Crippen LogP contribution in [0.15, 0.2) is 24.3 Å². The third kappa shape index (κ3) is 3.95. The zero-order chi connectivity index (χ0) is 15.2. The molecular weight excluding hydrogens is 272 g/mol. The predicted octanol–water partition coefficient (Wildman–Crippen LogP) is 2.15. The summed E-state index contributed by atoms with van der Waals surface area (Å²) < 4.78 is 0. The number of aromatic carboxylic acids is 1. The summed E-state index contributed by atoms with van der Waals surface area (Å²) in [5.74, 6) is -0.999. The van der Waals surface area contributed by atoms with Gasteiger partial charge in [0.2, 0.25) is 0 Å². The summed E-state index contributed by atoms with van der Waals surface area (Å²) in [5.41, 5.74) is 0.724. The van der Waals surface area contributed by atoms with Gasteiger partial charge >= 0.3 is 12.0 Å². The first-order valence-electron chi connectivity index (χ1n) is 7.13. The van der Waals surface area contributed by atoms with E-state index in [1.165, 1.54) is 12.1 Å². The molecule has 1 aliphatic rings. The topological polar surface area (TPSA) is 89.9 Å². The van der Waals surface area contributed by atoms with Gasteiger partial charge in [-0.05, 0) is 37.1 Å². The van der Waals surface area contributed by atoms with Gasteiger partial charge in [0.05, 0.1) is 12.2 Å². The molecule has 0 unspecified atom stereocenters. The van der Waals surface area contributed by atoms with Crippen LogP contribution in [0.1, 0.15) is 36.0 Å². The molecule has 1 aliphatic carbocycles. The molecule has 114 valence electrons. The van der Waals surface area contributed by atoms with Gasteiger partial charge in [-0.1, -0.05) is 12.8 Å². The Morgan fingerprint density at radius 1 is 1.19 bits per heavy atom. The highest BCUT2D eigenvalue weighted by Crippen LogP contribution is 2.24. The smallest absolute Gasteiger partial charge is 0.335 e. The number of aliphatic hydroxyl groups is 1. The molecule has 1 aromatic carbocycles. The number of benzene rings is 1. The van der Waals surface area contributed by atoms with Crippen molar-refractivity contribution in [3.8, 4) is 0 Å². The van der Waals surface area contributed by atoms with Crippen LogP contribution in [0.4, 0.5) is 10.5 Å². The Kier molecular flexibility index (Phi) is 5.16. The number of hydrogen-bond acceptors (Lipinski definition) is 3. The maximum Gasteiger partial charge on any atom is 0.335 e. The van der Waals surface area contributed by atoms with Crippen LogP contribution in [0.3, 0.4) is 0 Å². The summed E-state index contributed by atoms with van der Waals surface area (Å²) in [7, 11) is 0. The number of carbonyl (C=O) groups excluding carboxylic acids is 1. The summed E-state index contributed by atoms with van der Waals surface area (Å²) in [4.78, 5) is 24.7. The zero-order valence-corrected chi connectivity index (χ0v) is 11.8. The van der Waals surface area contributed by atoms with E-state index in [0.717, 1.165) is 25.7 Å². The summed E-state index contributed by atoms with van der Waals surface area (Å²) in [6, 6.07) is 5.95. The van der Waals surface area contributed by atoms with Crippen LogP contribution in [0.2, 0.25) is 0 Å². The number of carboxylic acids is 1. The molecule has 0 spiro atoms. The molecule has 6 heteroatoms. The van der Waals surface area contributed by atoms with Crippen LogP contribution < -0.4 is 5.32 Å². The molecule has 2 amide bonds. The van der Waals surface area contributed by atoms with Crippen molar-refractivity contribution >= 4 is 17.7 Å². The third-order valence-corrected chi connectivity index (χ3v) is 3.75. The number of nitrogens with one attached hydrogen (secondary N) is 1. The molecule has 0 radical (unpaired) electrons. The van der Waals surface area contributed by atoms with Gasteiger partial charge in [-0.2, -0.15) is 0 Å². The monoisotopic (exact) mass is 292 g/mol. The molecule has 2 rings (SSSR count). The van der Waals surface area contributed by atoms with Gasteiger partial charge in [0.15, 0.2) is 0 Å². The van der Waals surface area contributed by atoms with E-state index in [1.54, 1.807) is 17.0 Å². The molecule has 0 saturated heterocycles. The van der Waals surface area contributed by atoms with Crippen LogP contribution in [0, 0.1) is 0 Å². The first kappa shape index (κ1) is 15.3. The SMILES string of the molecule is O=C(O)c1ccc(NC(=O)N(CCO)C2CCCC2)cc1. The summed E-state index contributed by atoms with van der Waals surface area (Å²) in [5, 5.41) is 20.7. The lowest BCUT2D eigenvalue weighted by atomic mass is 10.2. The number of carboxylic acid groups (broad SMARTS) is 1. The van der Waals surface area contributed by atoms with Crippen LogP contribution >= 0.6 is 0 Å². The Morgan fingerprint density at radius 3 is 2.33 bits per heavy atom. The lowest BCUT2D eigenvalue weighted by Crippen LogP contribution is -2.43. The molecule has 1 aromatic rings. The van der Waals surface area contributed by atoms with E-state index in [1.807, 2.05) is 0 Å². The molecule has 0 aromatic heterocycles. The van der Waals surface area contributed by atoms with E-state index in [9.17, 15) is 9.59 Å². The minimum absolute atomic E-state index is 0.0676. The van der Waals surface area contributed by atoms with Crippen molar-refractivity contribution in [3.63, 3.8) is 0 Å². The van der Waals surface area contributed by atoms with Gasteiger partial charge in [-0.25, -0.2) is 9.59 Å². The van der Waals surface area contributed by atoms with Gasteiger partial charge < -0.3 is 20.4 Å². The predicted molar refractivity (Wildman–Crippen MR) is 78.5 cm³/mol. The molecule has 21 heavy (non-hydrogen) atoms. The van der Waals surface area contributed by atoms with Crippen LogP contribution in [0.5, 0.6) is 0 Å². The number of nitrogens with zero attached hydrogens (tertiary/aromatic N) is 1. The first-order chi connectivity index (χ1) is 10.1. The fourth-order valence-electron chi connectivity index (χ4n) is 2.67. The quantitative estimate of drug-likeness (QED) is 0.775. The van der Waals surface area contributed by atoms with Crippen molar-refractivity contribution in [1.29, 1.82) is 0 Å². The zero-order valence-electron chi connectivity index (χ0n) is 11.8. The summed E-state index contributed by atoms with van der Waals surface area (Å²) in [6.07, 6.45) is 4.14. The molecule has 1 fully saturated rings. The largest absolute Gasteiger partial charge is 0.478 e. The lowest BCUT2D eigenvalue weighted by Gasteiger charge is -2.28. The van der Waals surface area contributed by atoms with Gasteiger partial charge in [0.1, 0.15) is 0 Å². The second-order valence-electron chi connectivity index (χ2n) is 5.17. The van der Waals surface area contributed by atoms with E-state index in [0.29, 0.717) is 12.2 Å². The summed E-state index contributed by atoms with van der Waals surface area (Å²) in [6.45, 7) is 0.242. The number of hydrogen-bond donors (Lipinski definition) is 3. The first-order valence-corrected chi connectivity index (χ1v) is 7.13. The molecule has 0 aliphatic heterocycles. The maximum atomic E-state index is 12.3. The third-order valence-electron chi connectivity index (χ3n) is 3.75. The van der Waals surface area contributed by atoms with Gasteiger partial charge in [-0.3, -0.25) is 0 Å². The maximum absolute atomic E-state index is 12.3. The highest BCUT2D eigenvalue weighted by molar-refractivity contribution is 5.91. The van der Waals surface area contributed by atoms with E-state index in [-0.39, 0.29) is 24.2 Å². The fourth-order valence-corrected chi connectivity index (χ4v) is 2.67. The van der Waals surface area contributed by atoms with Crippen molar-refractivity contribution in [2.24, 2.45) is 0 Å².